The van der Waals surface area contributed by atoms with Gasteiger partial charge in [-0.3, -0.25) is 9.59 Å². The Balaban J connectivity index is 1.57. The van der Waals surface area contributed by atoms with Gasteiger partial charge in [0.2, 0.25) is 5.91 Å². The molecule has 7 heteroatoms. The molecule has 2 aromatic carbocycles. The highest BCUT2D eigenvalue weighted by molar-refractivity contribution is 6.00. The van der Waals surface area contributed by atoms with E-state index in [1.807, 2.05) is 24.3 Å². The van der Waals surface area contributed by atoms with E-state index in [9.17, 15) is 14.4 Å². The average molecular weight is 422 g/mol. The monoisotopic (exact) mass is 422 g/mol. The van der Waals surface area contributed by atoms with E-state index in [0.717, 1.165) is 31.2 Å². The van der Waals surface area contributed by atoms with Crippen molar-refractivity contribution in [1.82, 2.24) is 5.32 Å². The van der Waals surface area contributed by atoms with Crippen LogP contribution in [0.4, 0.5) is 10.5 Å². The quantitative estimate of drug-likeness (QED) is 0.387. The highest BCUT2D eigenvalue weighted by Gasteiger charge is 2.12. The number of benzene rings is 2. The number of allylic oxidation sites excluding steroid dienone is 1. The fraction of sp³-hybridized carbons (Fsp3) is 0.292. The van der Waals surface area contributed by atoms with Crippen molar-refractivity contribution >= 4 is 23.7 Å². The standard InChI is InChI=1S/C24H26N2O5/c1-2-30-24(29)31-20-13-11-18(12-14-20)23(28)25-16-19-9-5-6-10-21(19)26-22(27)15-17-7-3-4-8-17/h5-6,9-15H,2-4,7-8,16H2,1H3,(H,25,28)(H,26,27). The molecule has 0 aliphatic heterocycles. The Morgan fingerprint density at radius 2 is 1.71 bits per heavy atom. The fourth-order valence-electron chi connectivity index (χ4n) is 3.32. The molecule has 3 rings (SSSR count). The van der Waals surface area contributed by atoms with Gasteiger partial charge in [-0.15, -0.1) is 0 Å². The Hall–Kier alpha value is -3.61. The number of para-hydroxylation sites is 1. The van der Waals surface area contributed by atoms with E-state index >= 15 is 0 Å². The molecule has 1 aliphatic rings. The molecule has 2 amide bonds. The van der Waals surface area contributed by atoms with E-state index in [1.54, 1.807) is 25.1 Å². The fourth-order valence-corrected chi connectivity index (χ4v) is 3.32. The van der Waals surface area contributed by atoms with Crippen LogP contribution in [-0.2, 0) is 16.1 Å². The van der Waals surface area contributed by atoms with Crippen LogP contribution < -0.4 is 15.4 Å². The lowest BCUT2D eigenvalue weighted by atomic mass is 10.1. The summed E-state index contributed by atoms with van der Waals surface area (Å²) in [5, 5.41) is 5.75. The molecule has 1 fully saturated rings. The molecule has 1 aliphatic carbocycles. The molecule has 0 bridgehead atoms. The van der Waals surface area contributed by atoms with Gasteiger partial charge in [0, 0.05) is 23.9 Å². The molecule has 31 heavy (non-hydrogen) atoms. The summed E-state index contributed by atoms with van der Waals surface area (Å²) in [4.78, 5) is 36.1. The van der Waals surface area contributed by atoms with Gasteiger partial charge in [0.05, 0.1) is 6.61 Å². The second kappa shape index (κ2) is 11.0. The molecule has 2 N–H and O–H groups in total. The number of hydrogen-bond acceptors (Lipinski definition) is 5. The minimum absolute atomic E-state index is 0.145. The van der Waals surface area contributed by atoms with Gasteiger partial charge >= 0.3 is 6.16 Å². The lowest BCUT2D eigenvalue weighted by molar-refractivity contribution is -0.112. The van der Waals surface area contributed by atoms with Crippen molar-refractivity contribution in [2.45, 2.75) is 39.2 Å². The summed E-state index contributed by atoms with van der Waals surface area (Å²) in [5.41, 5.74) is 3.07. The Labute approximate surface area is 181 Å². The molecular formula is C24H26N2O5. The lowest BCUT2D eigenvalue weighted by Gasteiger charge is -2.12. The maximum absolute atomic E-state index is 12.5. The van der Waals surface area contributed by atoms with Gasteiger partial charge in [-0.1, -0.05) is 23.8 Å². The molecule has 0 radical (unpaired) electrons. The maximum atomic E-state index is 12.5. The van der Waals surface area contributed by atoms with Gasteiger partial charge in [0.15, 0.2) is 0 Å². The summed E-state index contributed by atoms with van der Waals surface area (Å²) in [6.07, 6.45) is 5.13. The zero-order valence-electron chi connectivity index (χ0n) is 17.5. The van der Waals surface area contributed by atoms with Crippen molar-refractivity contribution in [3.8, 4) is 5.75 Å². The molecule has 162 valence electrons. The van der Waals surface area contributed by atoms with Crippen LogP contribution in [-0.4, -0.2) is 24.6 Å². The summed E-state index contributed by atoms with van der Waals surface area (Å²) in [6, 6.07) is 13.5. The van der Waals surface area contributed by atoms with Crippen LogP contribution in [0.15, 0.2) is 60.2 Å². The largest absolute Gasteiger partial charge is 0.513 e. The number of amides is 2. The second-order valence-corrected chi connectivity index (χ2v) is 7.15. The van der Waals surface area contributed by atoms with E-state index in [4.69, 9.17) is 9.47 Å². The van der Waals surface area contributed by atoms with Gasteiger partial charge in [-0.05, 0) is 68.5 Å². The predicted octanol–water partition coefficient (Wildman–Crippen LogP) is 4.59. The topological polar surface area (TPSA) is 93.7 Å². The van der Waals surface area contributed by atoms with E-state index in [2.05, 4.69) is 10.6 Å². The van der Waals surface area contributed by atoms with E-state index in [0.29, 0.717) is 17.0 Å². The predicted molar refractivity (Wildman–Crippen MR) is 117 cm³/mol. The number of anilines is 1. The minimum Gasteiger partial charge on any atom is -0.434 e. The molecular weight excluding hydrogens is 396 g/mol. The molecule has 0 unspecified atom stereocenters. The van der Waals surface area contributed by atoms with Gasteiger partial charge in [0.1, 0.15) is 5.75 Å². The van der Waals surface area contributed by atoms with E-state index < -0.39 is 6.16 Å². The number of ether oxygens (including phenoxy) is 2. The highest BCUT2D eigenvalue weighted by Crippen LogP contribution is 2.24. The molecule has 1 saturated carbocycles. The van der Waals surface area contributed by atoms with Gasteiger partial charge in [-0.2, -0.15) is 0 Å². The third-order valence-corrected chi connectivity index (χ3v) is 4.88. The van der Waals surface area contributed by atoms with Crippen molar-refractivity contribution in [2.75, 3.05) is 11.9 Å². The summed E-state index contributed by atoms with van der Waals surface area (Å²) < 4.78 is 9.69. The molecule has 2 aromatic rings. The van der Waals surface area contributed by atoms with E-state index in [-0.39, 0.29) is 25.0 Å². The summed E-state index contributed by atoms with van der Waals surface area (Å²) in [5.74, 6) is -0.135. The Kier molecular flexibility index (Phi) is 7.81. The first-order valence-corrected chi connectivity index (χ1v) is 10.4. The van der Waals surface area contributed by atoms with Crippen LogP contribution in [0.1, 0.15) is 48.5 Å². The van der Waals surface area contributed by atoms with Gasteiger partial charge in [0.25, 0.3) is 5.91 Å². The van der Waals surface area contributed by atoms with Crippen LogP contribution in [0.25, 0.3) is 0 Å². The SMILES string of the molecule is CCOC(=O)Oc1ccc(C(=O)NCc2ccccc2NC(=O)C=C2CCCC2)cc1. The first kappa shape index (κ1) is 22.1. The maximum Gasteiger partial charge on any atom is 0.513 e. The first-order valence-electron chi connectivity index (χ1n) is 10.4. The van der Waals surface area contributed by atoms with Crippen LogP contribution in [0.5, 0.6) is 5.75 Å². The summed E-state index contributed by atoms with van der Waals surface area (Å²) in [6.45, 7) is 2.16. The minimum atomic E-state index is -0.790. The number of carbonyl (C=O) groups excluding carboxylic acids is 3. The van der Waals surface area contributed by atoms with E-state index in [1.165, 1.54) is 17.7 Å². The van der Waals surface area contributed by atoms with Crippen LogP contribution in [0, 0.1) is 0 Å². The molecule has 0 atom stereocenters. The lowest BCUT2D eigenvalue weighted by Crippen LogP contribution is -2.23. The smallest absolute Gasteiger partial charge is 0.434 e. The van der Waals surface area contributed by atoms with Crippen molar-refractivity contribution in [3.05, 3.63) is 71.3 Å². The van der Waals surface area contributed by atoms with Crippen molar-refractivity contribution in [3.63, 3.8) is 0 Å². The highest BCUT2D eigenvalue weighted by atomic mass is 16.7. The van der Waals surface area contributed by atoms with Crippen molar-refractivity contribution in [2.24, 2.45) is 0 Å². The first-order chi connectivity index (χ1) is 15.0. The Morgan fingerprint density at radius 3 is 2.42 bits per heavy atom. The summed E-state index contributed by atoms with van der Waals surface area (Å²) in [7, 11) is 0. The molecule has 0 heterocycles. The molecule has 0 saturated heterocycles. The van der Waals surface area contributed by atoms with Gasteiger partial charge < -0.3 is 20.1 Å². The molecule has 0 aromatic heterocycles. The zero-order valence-corrected chi connectivity index (χ0v) is 17.5. The Bertz CT molecular complexity index is 958. The number of hydrogen-bond donors (Lipinski definition) is 2. The third-order valence-electron chi connectivity index (χ3n) is 4.88. The third kappa shape index (κ3) is 6.70. The molecule has 0 spiro atoms. The van der Waals surface area contributed by atoms with Crippen LogP contribution in [0.3, 0.4) is 0 Å². The number of carbonyl (C=O) groups is 3. The second-order valence-electron chi connectivity index (χ2n) is 7.15. The summed E-state index contributed by atoms with van der Waals surface area (Å²) >= 11 is 0. The Morgan fingerprint density at radius 1 is 1.00 bits per heavy atom. The number of nitrogens with one attached hydrogen (secondary N) is 2. The van der Waals surface area contributed by atoms with Crippen molar-refractivity contribution in [1.29, 1.82) is 0 Å². The van der Waals surface area contributed by atoms with Crippen molar-refractivity contribution < 1.29 is 23.9 Å². The number of rotatable bonds is 7. The zero-order chi connectivity index (χ0) is 22.1. The van der Waals surface area contributed by atoms with Gasteiger partial charge in [-0.25, -0.2) is 4.79 Å². The van der Waals surface area contributed by atoms with Crippen LogP contribution >= 0.6 is 0 Å². The van der Waals surface area contributed by atoms with Crippen LogP contribution in [0.2, 0.25) is 0 Å². The average Bonchev–Trinajstić information content (AvgIpc) is 3.26. The molecule has 7 nitrogen and oxygen atoms in total. The normalized spacial score (nSPS) is 12.7.